The number of anilines is 1. The SMILES string of the molecule is COc1cc(N(C)C)ccc1C=NCCO. The molecule has 88 valence electrons. The van der Waals surface area contributed by atoms with Gasteiger partial charge in [0, 0.05) is 37.6 Å². The molecular weight excluding hydrogens is 204 g/mol. The Bertz CT molecular complexity index is 362. The van der Waals surface area contributed by atoms with Crippen molar-refractivity contribution in [2.75, 3.05) is 39.3 Å². The zero-order valence-electron chi connectivity index (χ0n) is 9.97. The monoisotopic (exact) mass is 222 g/mol. The van der Waals surface area contributed by atoms with Gasteiger partial charge in [-0.3, -0.25) is 4.99 Å². The number of methoxy groups -OCH3 is 1. The molecule has 0 aliphatic carbocycles. The molecule has 4 heteroatoms. The number of nitrogens with zero attached hydrogens (tertiary/aromatic N) is 2. The molecule has 1 aromatic rings. The van der Waals surface area contributed by atoms with E-state index in [1.54, 1.807) is 13.3 Å². The third kappa shape index (κ3) is 3.24. The second-order valence-electron chi connectivity index (χ2n) is 3.58. The molecule has 0 bridgehead atoms. The Morgan fingerprint density at radius 2 is 2.19 bits per heavy atom. The lowest BCUT2D eigenvalue weighted by Crippen LogP contribution is -2.08. The van der Waals surface area contributed by atoms with Crippen LogP contribution in [0.3, 0.4) is 0 Å². The average Bonchev–Trinajstić information content (AvgIpc) is 2.29. The molecule has 0 amide bonds. The fraction of sp³-hybridized carbons (Fsp3) is 0.417. The van der Waals surface area contributed by atoms with Crippen LogP contribution in [0.5, 0.6) is 5.75 Å². The van der Waals surface area contributed by atoms with Crippen LogP contribution in [0.25, 0.3) is 0 Å². The molecular formula is C12H18N2O2. The summed E-state index contributed by atoms with van der Waals surface area (Å²) in [6, 6.07) is 5.91. The van der Waals surface area contributed by atoms with Gasteiger partial charge in [0.1, 0.15) is 5.75 Å². The summed E-state index contributed by atoms with van der Waals surface area (Å²) in [7, 11) is 5.60. The van der Waals surface area contributed by atoms with E-state index >= 15 is 0 Å². The lowest BCUT2D eigenvalue weighted by Gasteiger charge is -2.14. The number of ether oxygens (including phenoxy) is 1. The maximum Gasteiger partial charge on any atom is 0.129 e. The van der Waals surface area contributed by atoms with Gasteiger partial charge in [-0.1, -0.05) is 0 Å². The molecule has 0 fully saturated rings. The lowest BCUT2D eigenvalue weighted by atomic mass is 10.2. The van der Waals surface area contributed by atoms with E-state index in [1.807, 2.05) is 37.2 Å². The maximum atomic E-state index is 8.64. The second kappa shape index (κ2) is 6.12. The van der Waals surface area contributed by atoms with E-state index in [4.69, 9.17) is 9.84 Å². The maximum absolute atomic E-state index is 8.64. The summed E-state index contributed by atoms with van der Waals surface area (Å²) in [6.07, 6.45) is 1.72. The zero-order chi connectivity index (χ0) is 12.0. The Labute approximate surface area is 96.2 Å². The van der Waals surface area contributed by atoms with Crippen molar-refractivity contribution in [2.24, 2.45) is 4.99 Å². The largest absolute Gasteiger partial charge is 0.496 e. The molecule has 1 aromatic carbocycles. The molecule has 0 spiro atoms. The van der Waals surface area contributed by atoms with Crippen LogP contribution >= 0.6 is 0 Å². The van der Waals surface area contributed by atoms with Crippen molar-refractivity contribution in [1.29, 1.82) is 0 Å². The first-order valence-corrected chi connectivity index (χ1v) is 5.15. The van der Waals surface area contributed by atoms with E-state index in [-0.39, 0.29) is 6.61 Å². The first-order valence-electron chi connectivity index (χ1n) is 5.15. The van der Waals surface area contributed by atoms with Crippen LogP contribution in [0.2, 0.25) is 0 Å². The molecule has 16 heavy (non-hydrogen) atoms. The van der Waals surface area contributed by atoms with Crippen molar-refractivity contribution < 1.29 is 9.84 Å². The number of hydrogen-bond donors (Lipinski definition) is 1. The minimum atomic E-state index is 0.0641. The molecule has 0 saturated heterocycles. The molecule has 0 unspecified atom stereocenters. The van der Waals surface area contributed by atoms with Crippen LogP contribution in [0.1, 0.15) is 5.56 Å². The third-order valence-corrected chi connectivity index (χ3v) is 2.19. The van der Waals surface area contributed by atoms with E-state index < -0.39 is 0 Å². The fourth-order valence-corrected chi connectivity index (χ4v) is 1.31. The van der Waals surface area contributed by atoms with Gasteiger partial charge in [0.2, 0.25) is 0 Å². The van der Waals surface area contributed by atoms with Gasteiger partial charge in [-0.15, -0.1) is 0 Å². The van der Waals surface area contributed by atoms with E-state index in [9.17, 15) is 0 Å². The highest BCUT2D eigenvalue weighted by Gasteiger charge is 2.03. The summed E-state index contributed by atoms with van der Waals surface area (Å²) in [4.78, 5) is 6.09. The highest BCUT2D eigenvalue weighted by molar-refractivity contribution is 5.84. The smallest absolute Gasteiger partial charge is 0.129 e. The summed E-state index contributed by atoms with van der Waals surface area (Å²) in [5.74, 6) is 0.785. The molecule has 0 atom stereocenters. The topological polar surface area (TPSA) is 45.1 Å². The molecule has 0 aromatic heterocycles. The molecule has 0 heterocycles. The number of benzene rings is 1. The zero-order valence-corrected chi connectivity index (χ0v) is 9.97. The predicted octanol–water partition coefficient (Wildman–Crippen LogP) is 1.17. The van der Waals surface area contributed by atoms with Crippen LogP contribution in [-0.2, 0) is 0 Å². The summed E-state index contributed by atoms with van der Waals surface area (Å²) >= 11 is 0. The highest BCUT2D eigenvalue weighted by Crippen LogP contribution is 2.23. The van der Waals surface area contributed by atoms with Gasteiger partial charge >= 0.3 is 0 Å². The molecule has 4 nitrogen and oxygen atoms in total. The van der Waals surface area contributed by atoms with E-state index in [2.05, 4.69) is 4.99 Å². The normalized spacial score (nSPS) is 10.8. The van der Waals surface area contributed by atoms with Crippen LogP contribution in [0.4, 0.5) is 5.69 Å². The average molecular weight is 222 g/mol. The predicted molar refractivity (Wildman–Crippen MR) is 66.9 cm³/mol. The van der Waals surface area contributed by atoms with Crippen LogP contribution in [0, 0.1) is 0 Å². The van der Waals surface area contributed by atoms with Crippen LogP contribution in [0.15, 0.2) is 23.2 Å². The van der Waals surface area contributed by atoms with E-state index in [0.717, 1.165) is 17.0 Å². The van der Waals surface area contributed by atoms with E-state index in [0.29, 0.717) is 6.54 Å². The molecule has 0 aliphatic heterocycles. The van der Waals surface area contributed by atoms with Crippen molar-refractivity contribution in [3.05, 3.63) is 23.8 Å². The Morgan fingerprint density at radius 3 is 2.75 bits per heavy atom. The standard InChI is InChI=1S/C12H18N2O2/c1-14(2)11-5-4-10(9-13-6-7-15)12(8-11)16-3/h4-5,8-9,15H,6-7H2,1-3H3. The molecule has 0 aliphatic rings. The van der Waals surface area contributed by atoms with Gasteiger partial charge in [0.15, 0.2) is 0 Å². The van der Waals surface area contributed by atoms with Crippen molar-refractivity contribution >= 4 is 11.9 Å². The minimum Gasteiger partial charge on any atom is -0.496 e. The fourth-order valence-electron chi connectivity index (χ4n) is 1.31. The van der Waals surface area contributed by atoms with Gasteiger partial charge in [-0.05, 0) is 12.1 Å². The van der Waals surface area contributed by atoms with Gasteiger partial charge in [0.25, 0.3) is 0 Å². The molecule has 1 rings (SSSR count). The lowest BCUT2D eigenvalue weighted by molar-refractivity contribution is 0.307. The highest BCUT2D eigenvalue weighted by atomic mass is 16.5. The van der Waals surface area contributed by atoms with Crippen molar-refractivity contribution in [3.8, 4) is 5.75 Å². The second-order valence-corrected chi connectivity index (χ2v) is 3.58. The molecule has 1 N–H and O–H groups in total. The first-order chi connectivity index (χ1) is 7.69. The Balaban J connectivity index is 2.93. The van der Waals surface area contributed by atoms with E-state index in [1.165, 1.54) is 0 Å². The Hall–Kier alpha value is -1.55. The number of hydrogen-bond acceptors (Lipinski definition) is 4. The Morgan fingerprint density at radius 1 is 1.44 bits per heavy atom. The number of aliphatic imine (C=N–C) groups is 1. The summed E-state index contributed by atoms with van der Waals surface area (Å²) in [6.45, 7) is 0.479. The van der Waals surface area contributed by atoms with Crippen molar-refractivity contribution in [2.45, 2.75) is 0 Å². The summed E-state index contributed by atoms with van der Waals surface area (Å²) in [5, 5.41) is 8.64. The van der Waals surface area contributed by atoms with Gasteiger partial charge < -0.3 is 14.7 Å². The van der Waals surface area contributed by atoms with Crippen molar-refractivity contribution in [1.82, 2.24) is 0 Å². The molecule has 0 saturated carbocycles. The Kier molecular flexibility index (Phi) is 4.79. The number of aliphatic hydroxyl groups excluding tert-OH is 1. The van der Waals surface area contributed by atoms with Crippen LogP contribution < -0.4 is 9.64 Å². The molecule has 0 radical (unpaired) electrons. The van der Waals surface area contributed by atoms with Gasteiger partial charge in [-0.25, -0.2) is 0 Å². The van der Waals surface area contributed by atoms with Gasteiger partial charge in [0.05, 0.1) is 20.3 Å². The van der Waals surface area contributed by atoms with Gasteiger partial charge in [-0.2, -0.15) is 0 Å². The third-order valence-electron chi connectivity index (χ3n) is 2.19. The number of rotatable bonds is 5. The summed E-state index contributed by atoms with van der Waals surface area (Å²) < 4.78 is 5.29. The quantitative estimate of drug-likeness (QED) is 0.761. The van der Waals surface area contributed by atoms with Crippen LogP contribution in [-0.4, -0.2) is 45.7 Å². The first kappa shape index (κ1) is 12.5. The number of aliphatic hydroxyl groups is 1. The summed E-state index contributed by atoms with van der Waals surface area (Å²) in [5.41, 5.74) is 2.00. The minimum absolute atomic E-state index is 0.0641. The van der Waals surface area contributed by atoms with Crippen molar-refractivity contribution in [3.63, 3.8) is 0 Å².